The van der Waals surface area contributed by atoms with Crippen molar-refractivity contribution in [1.29, 1.82) is 0 Å². The van der Waals surface area contributed by atoms with E-state index in [9.17, 15) is 4.79 Å². The highest BCUT2D eigenvalue weighted by Gasteiger charge is 2.27. The van der Waals surface area contributed by atoms with Crippen LogP contribution in [0.25, 0.3) is 0 Å². The van der Waals surface area contributed by atoms with Crippen molar-refractivity contribution >= 4 is 22.6 Å². The molecule has 1 atom stereocenters. The monoisotopic (exact) mass is 322 g/mol. The molecule has 4 nitrogen and oxygen atoms in total. The molecule has 84 valence electrons. The highest BCUT2D eigenvalue weighted by Crippen LogP contribution is 2.24. The molecule has 1 unspecified atom stereocenters. The van der Waals surface area contributed by atoms with Gasteiger partial charge < -0.3 is 9.72 Å². The first-order valence-corrected chi connectivity index (χ1v) is 6.00. The number of H-pyrrole nitrogens is 1. The van der Waals surface area contributed by atoms with Crippen LogP contribution in [0.5, 0.6) is 0 Å². The predicted octanol–water partition coefficient (Wildman–Crippen LogP) is 2.04. The zero-order chi connectivity index (χ0) is 11.5. The number of rotatable bonds is 4. The zero-order valence-electron chi connectivity index (χ0n) is 9.13. The molecule has 1 heterocycles. The molecule has 0 bridgehead atoms. The Kier molecular flexibility index (Phi) is 4.27. The Bertz CT molecular complexity index is 391. The number of ether oxygens (including phenoxy) is 1. The van der Waals surface area contributed by atoms with Crippen LogP contribution in [-0.2, 0) is 10.3 Å². The van der Waals surface area contributed by atoms with E-state index in [1.54, 1.807) is 6.20 Å². The second kappa shape index (κ2) is 5.07. The lowest BCUT2D eigenvalue weighted by Gasteiger charge is -2.26. The Labute approximate surface area is 103 Å². The average Bonchev–Trinajstić information content (AvgIpc) is 2.22. The molecule has 1 N–H and O–H groups in total. The lowest BCUT2D eigenvalue weighted by atomic mass is 10.0. The second-order valence-corrected chi connectivity index (χ2v) is 4.59. The van der Waals surface area contributed by atoms with Gasteiger partial charge in [0.1, 0.15) is 11.4 Å². The van der Waals surface area contributed by atoms with Crippen molar-refractivity contribution in [3.63, 3.8) is 0 Å². The highest BCUT2D eigenvalue weighted by molar-refractivity contribution is 14.1. The molecule has 0 aliphatic heterocycles. The number of aromatic amines is 1. The molecule has 1 aromatic rings. The lowest BCUT2D eigenvalue weighted by Crippen LogP contribution is -2.30. The van der Waals surface area contributed by atoms with Gasteiger partial charge in [0.15, 0.2) is 0 Å². The van der Waals surface area contributed by atoms with Gasteiger partial charge in [-0.15, -0.1) is 0 Å². The van der Waals surface area contributed by atoms with Gasteiger partial charge in [0.05, 0.1) is 3.57 Å². The first-order valence-electron chi connectivity index (χ1n) is 4.92. The molecular weight excluding hydrogens is 307 g/mol. The summed E-state index contributed by atoms with van der Waals surface area (Å²) in [7, 11) is 0. The van der Waals surface area contributed by atoms with E-state index in [0.29, 0.717) is 16.0 Å². The molecule has 0 saturated carbocycles. The van der Waals surface area contributed by atoms with E-state index in [4.69, 9.17) is 4.74 Å². The Morgan fingerprint density at radius 1 is 1.60 bits per heavy atom. The fourth-order valence-electron chi connectivity index (χ4n) is 1.30. The fraction of sp³-hybridized carbons (Fsp3) is 0.600. The minimum Gasteiger partial charge on any atom is -0.368 e. The highest BCUT2D eigenvalue weighted by atomic mass is 127. The van der Waals surface area contributed by atoms with Crippen LogP contribution >= 0.6 is 22.6 Å². The molecule has 15 heavy (non-hydrogen) atoms. The number of nitrogens with zero attached hydrogens (tertiary/aromatic N) is 1. The SMILES string of the molecule is CCOC(C)(CC)c1ncc(I)c(=O)[nH]1. The van der Waals surface area contributed by atoms with Crippen LogP contribution in [0.4, 0.5) is 0 Å². The molecular formula is C10H15IN2O2. The number of hydrogen-bond donors (Lipinski definition) is 1. The van der Waals surface area contributed by atoms with Gasteiger partial charge in [0, 0.05) is 12.8 Å². The van der Waals surface area contributed by atoms with Crippen molar-refractivity contribution in [2.24, 2.45) is 0 Å². The summed E-state index contributed by atoms with van der Waals surface area (Å²) >= 11 is 1.96. The number of aromatic nitrogens is 2. The van der Waals surface area contributed by atoms with Crippen molar-refractivity contribution in [2.45, 2.75) is 32.8 Å². The summed E-state index contributed by atoms with van der Waals surface area (Å²) in [6.07, 6.45) is 2.34. The Balaban J connectivity index is 3.13. The van der Waals surface area contributed by atoms with Gasteiger partial charge in [0.25, 0.3) is 5.56 Å². The quantitative estimate of drug-likeness (QED) is 0.863. The largest absolute Gasteiger partial charge is 0.368 e. The maximum atomic E-state index is 11.4. The average molecular weight is 322 g/mol. The van der Waals surface area contributed by atoms with Gasteiger partial charge in [-0.1, -0.05) is 6.92 Å². The Morgan fingerprint density at radius 2 is 2.27 bits per heavy atom. The molecule has 0 amide bonds. The van der Waals surface area contributed by atoms with E-state index in [-0.39, 0.29) is 5.56 Å². The minimum atomic E-state index is -0.502. The number of nitrogens with one attached hydrogen (secondary N) is 1. The van der Waals surface area contributed by atoms with Crippen molar-refractivity contribution < 1.29 is 4.74 Å². The number of halogens is 1. The van der Waals surface area contributed by atoms with Crippen LogP contribution in [0.1, 0.15) is 33.0 Å². The van der Waals surface area contributed by atoms with Crippen LogP contribution in [-0.4, -0.2) is 16.6 Å². The van der Waals surface area contributed by atoms with Gasteiger partial charge in [-0.25, -0.2) is 4.98 Å². The molecule has 0 aromatic carbocycles. The van der Waals surface area contributed by atoms with Crippen LogP contribution in [0.15, 0.2) is 11.0 Å². The third-order valence-electron chi connectivity index (χ3n) is 2.39. The lowest BCUT2D eigenvalue weighted by molar-refractivity contribution is -0.0392. The topological polar surface area (TPSA) is 55.0 Å². The summed E-state index contributed by atoms with van der Waals surface area (Å²) in [6.45, 7) is 6.47. The molecule has 1 rings (SSSR count). The zero-order valence-corrected chi connectivity index (χ0v) is 11.3. The van der Waals surface area contributed by atoms with Crippen molar-refractivity contribution in [2.75, 3.05) is 6.61 Å². The Morgan fingerprint density at radius 3 is 2.73 bits per heavy atom. The standard InChI is InChI=1S/C10H15IN2O2/c1-4-10(3,15-5-2)9-12-6-7(11)8(14)13-9/h6H,4-5H2,1-3H3,(H,12,13,14). The summed E-state index contributed by atoms with van der Waals surface area (Å²) in [5.74, 6) is 0.595. The van der Waals surface area contributed by atoms with Gasteiger partial charge >= 0.3 is 0 Å². The number of hydrogen-bond acceptors (Lipinski definition) is 3. The molecule has 0 saturated heterocycles. The maximum Gasteiger partial charge on any atom is 0.264 e. The van der Waals surface area contributed by atoms with Crippen LogP contribution in [0.3, 0.4) is 0 Å². The van der Waals surface area contributed by atoms with Crippen LogP contribution < -0.4 is 5.56 Å². The first-order chi connectivity index (χ1) is 7.03. The minimum absolute atomic E-state index is 0.111. The van der Waals surface area contributed by atoms with Gasteiger partial charge in [-0.3, -0.25) is 4.79 Å². The van der Waals surface area contributed by atoms with Crippen molar-refractivity contribution in [3.8, 4) is 0 Å². The summed E-state index contributed by atoms with van der Waals surface area (Å²) < 4.78 is 6.21. The molecule has 0 spiro atoms. The summed E-state index contributed by atoms with van der Waals surface area (Å²) in [5.41, 5.74) is -0.613. The summed E-state index contributed by atoms with van der Waals surface area (Å²) in [6, 6.07) is 0. The van der Waals surface area contributed by atoms with Crippen LogP contribution in [0, 0.1) is 3.57 Å². The summed E-state index contributed by atoms with van der Waals surface area (Å²) in [4.78, 5) is 18.4. The third kappa shape index (κ3) is 2.78. The van der Waals surface area contributed by atoms with E-state index in [0.717, 1.165) is 6.42 Å². The smallest absolute Gasteiger partial charge is 0.264 e. The molecule has 1 aromatic heterocycles. The molecule has 0 aliphatic carbocycles. The first kappa shape index (κ1) is 12.6. The predicted molar refractivity (Wildman–Crippen MR) is 66.8 cm³/mol. The molecule has 0 aliphatic rings. The molecule has 0 radical (unpaired) electrons. The normalized spacial score (nSPS) is 14.9. The van der Waals surface area contributed by atoms with E-state index in [2.05, 4.69) is 9.97 Å². The van der Waals surface area contributed by atoms with E-state index >= 15 is 0 Å². The van der Waals surface area contributed by atoms with E-state index in [1.165, 1.54) is 0 Å². The fourth-order valence-corrected chi connectivity index (χ4v) is 1.58. The third-order valence-corrected chi connectivity index (χ3v) is 3.16. The van der Waals surface area contributed by atoms with E-state index < -0.39 is 5.60 Å². The van der Waals surface area contributed by atoms with E-state index in [1.807, 2.05) is 43.4 Å². The van der Waals surface area contributed by atoms with Crippen molar-refractivity contribution in [1.82, 2.24) is 9.97 Å². The van der Waals surface area contributed by atoms with Gasteiger partial charge in [-0.2, -0.15) is 0 Å². The van der Waals surface area contributed by atoms with Gasteiger partial charge in [0.2, 0.25) is 0 Å². The van der Waals surface area contributed by atoms with Crippen molar-refractivity contribution in [3.05, 3.63) is 25.9 Å². The molecule has 5 heteroatoms. The van der Waals surface area contributed by atoms with Gasteiger partial charge in [-0.05, 0) is 42.9 Å². The molecule has 0 fully saturated rings. The van der Waals surface area contributed by atoms with Crippen LogP contribution in [0.2, 0.25) is 0 Å². The maximum absolute atomic E-state index is 11.4. The summed E-state index contributed by atoms with van der Waals surface area (Å²) in [5, 5.41) is 0. The Hall–Kier alpha value is -0.430. The second-order valence-electron chi connectivity index (χ2n) is 3.43.